The Hall–Kier alpha value is -1.34. The standard InChI is InChI=1S/C13H15BrN2O/c1-3-16(8-4-7-15)13-6-5-11(14)9-12(13)10(2)17/h5-6,9H,3-4,8H2,1-2H3. The van der Waals surface area contributed by atoms with Crippen LogP contribution in [0.1, 0.15) is 30.6 Å². The molecule has 17 heavy (non-hydrogen) atoms. The SMILES string of the molecule is CCN(CCC#N)c1ccc(Br)cc1C(C)=O. The fraction of sp³-hybridized carbons (Fsp3) is 0.385. The molecule has 1 aromatic carbocycles. The van der Waals surface area contributed by atoms with Crippen LogP contribution < -0.4 is 4.90 Å². The first kappa shape index (κ1) is 13.7. The second kappa shape index (κ2) is 6.41. The summed E-state index contributed by atoms with van der Waals surface area (Å²) in [5.74, 6) is 0.0386. The summed E-state index contributed by atoms with van der Waals surface area (Å²) < 4.78 is 0.891. The first-order chi connectivity index (χ1) is 8.10. The van der Waals surface area contributed by atoms with Crippen LogP contribution in [0.3, 0.4) is 0 Å². The van der Waals surface area contributed by atoms with Crippen LogP contribution >= 0.6 is 15.9 Å². The Bertz CT molecular complexity index is 451. The van der Waals surface area contributed by atoms with Gasteiger partial charge in [-0.1, -0.05) is 15.9 Å². The molecule has 0 N–H and O–H groups in total. The van der Waals surface area contributed by atoms with Crippen LogP contribution in [0.25, 0.3) is 0 Å². The highest BCUT2D eigenvalue weighted by atomic mass is 79.9. The van der Waals surface area contributed by atoms with Crippen molar-refractivity contribution in [1.82, 2.24) is 0 Å². The molecule has 0 saturated carbocycles. The molecule has 0 unspecified atom stereocenters. The molecule has 0 aliphatic carbocycles. The molecule has 0 spiro atoms. The van der Waals surface area contributed by atoms with Crippen LogP contribution in [0, 0.1) is 11.3 Å². The summed E-state index contributed by atoms with van der Waals surface area (Å²) in [4.78, 5) is 13.6. The number of benzene rings is 1. The van der Waals surface area contributed by atoms with Gasteiger partial charge in [-0.2, -0.15) is 5.26 Å². The Labute approximate surface area is 110 Å². The Kier molecular flexibility index (Phi) is 5.17. The molecule has 0 saturated heterocycles. The minimum atomic E-state index is 0.0386. The minimum Gasteiger partial charge on any atom is -0.370 e. The highest BCUT2D eigenvalue weighted by Gasteiger charge is 2.13. The number of rotatable bonds is 5. The summed E-state index contributed by atoms with van der Waals surface area (Å²) >= 11 is 3.37. The van der Waals surface area contributed by atoms with Crippen molar-refractivity contribution in [2.75, 3.05) is 18.0 Å². The maximum Gasteiger partial charge on any atom is 0.161 e. The van der Waals surface area contributed by atoms with Crippen molar-refractivity contribution in [1.29, 1.82) is 5.26 Å². The number of nitrogens with zero attached hydrogens (tertiary/aromatic N) is 2. The molecular weight excluding hydrogens is 280 g/mol. The van der Waals surface area contributed by atoms with Crippen LogP contribution in [0.5, 0.6) is 0 Å². The molecule has 4 heteroatoms. The molecule has 1 aromatic rings. The Morgan fingerprint density at radius 3 is 2.76 bits per heavy atom. The molecule has 0 radical (unpaired) electrons. The van der Waals surface area contributed by atoms with E-state index in [2.05, 4.69) is 22.0 Å². The average Bonchev–Trinajstić information content (AvgIpc) is 2.31. The van der Waals surface area contributed by atoms with Gasteiger partial charge in [0, 0.05) is 28.8 Å². The molecule has 3 nitrogen and oxygen atoms in total. The van der Waals surface area contributed by atoms with Crippen LogP contribution in [0.2, 0.25) is 0 Å². The van der Waals surface area contributed by atoms with Crippen molar-refractivity contribution in [3.63, 3.8) is 0 Å². The van der Waals surface area contributed by atoms with Crippen molar-refractivity contribution < 1.29 is 4.79 Å². The van der Waals surface area contributed by atoms with Crippen LogP contribution in [-0.2, 0) is 0 Å². The fourth-order valence-corrected chi connectivity index (χ4v) is 2.06. The third-order valence-electron chi connectivity index (χ3n) is 2.55. The normalized spacial score (nSPS) is 9.76. The van der Waals surface area contributed by atoms with Crippen LogP contribution in [0.4, 0.5) is 5.69 Å². The largest absolute Gasteiger partial charge is 0.370 e. The number of hydrogen-bond acceptors (Lipinski definition) is 3. The smallest absolute Gasteiger partial charge is 0.161 e. The lowest BCUT2D eigenvalue weighted by molar-refractivity contribution is 0.101. The first-order valence-corrected chi connectivity index (χ1v) is 6.31. The lowest BCUT2D eigenvalue weighted by atomic mass is 10.1. The zero-order valence-electron chi connectivity index (χ0n) is 10.0. The topological polar surface area (TPSA) is 44.1 Å². The number of ketones is 1. The van der Waals surface area contributed by atoms with E-state index in [1.54, 1.807) is 6.92 Å². The van der Waals surface area contributed by atoms with Gasteiger partial charge in [0.25, 0.3) is 0 Å². The lowest BCUT2D eigenvalue weighted by Gasteiger charge is -2.24. The highest BCUT2D eigenvalue weighted by molar-refractivity contribution is 9.10. The molecule has 0 fully saturated rings. The van der Waals surface area contributed by atoms with Crippen LogP contribution in [-0.4, -0.2) is 18.9 Å². The molecule has 0 aliphatic rings. The number of carbonyl (C=O) groups is 1. The second-order valence-corrected chi connectivity index (χ2v) is 4.62. The summed E-state index contributed by atoms with van der Waals surface area (Å²) in [6.45, 7) is 5.01. The summed E-state index contributed by atoms with van der Waals surface area (Å²) in [6, 6.07) is 7.78. The van der Waals surface area contributed by atoms with Gasteiger partial charge in [-0.15, -0.1) is 0 Å². The van der Waals surface area contributed by atoms with Gasteiger partial charge in [0.2, 0.25) is 0 Å². The first-order valence-electron chi connectivity index (χ1n) is 5.52. The summed E-state index contributed by atoms with van der Waals surface area (Å²) in [5, 5.41) is 8.63. The van der Waals surface area contributed by atoms with Gasteiger partial charge in [-0.25, -0.2) is 0 Å². The number of Topliss-reactive ketones (excluding diaryl/α,β-unsaturated/α-hetero) is 1. The third kappa shape index (κ3) is 3.57. The summed E-state index contributed by atoms with van der Waals surface area (Å²) in [7, 11) is 0. The molecule has 0 bridgehead atoms. The predicted octanol–water partition coefficient (Wildman–Crippen LogP) is 3.39. The number of nitriles is 1. The van der Waals surface area contributed by atoms with E-state index in [0.29, 0.717) is 18.5 Å². The molecule has 90 valence electrons. The number of hydrogen-bond donors (Lipinski definition) is 0. The van der Waals surface area contributed by atoms with E-state index >= 15 is 0 Å². The number of carbonyl (C=O) groups excluding carboxylic acids is 1. The van der Waals surface area contributed by atoms with E-state index in [1.807, 2.05) is 30.0 Å². The van der Waals surface area contributed by atoms with Crippen molar-refractivity contribution in [3.8, 4) is 6.07 Å². The van der Waals surface area contributed by atoms with Crippen LogP contribution in [0.15, 0.2) is 22.7 Å². The van der Waals surface area contributed by atoms with Crippen molar-refractivity contribution in [2.45, 2.75) is 20.3 Å². The average molecular weight is 295 g/mol. The Morgan fingerprint density at radius 2 is 2.24 bits per heavy atom. The van der Waals surface area contributed by atoms with Gasteiger partial charge in [0.15, 0.2) is 5.78 Å². The third-order valence-corrected chi connectivity index (χ3v) is 3.05. The van der Waals surface area contributed by atoms with Gasteiger partial charge < -0.3 is 4.90 Å². The molecule has 0 heterocycles. The summed E-state index contributed by atoms with van der Waals surface area (Å²) in [6.07, 6.45) is 0.460. The van der Waals surface area contributed by atoms with Gasteiger partial charge in [0.05, 0.1) is 12.5 Å². The molecule has 0 aromatic heterocycles. The molecular formula is C13H15BrN2O. The molecule has 0 aliphatic heterocycles. The monoisotopic (exact) mass is 294 g/mol. The van der Waals surface area contributed by atoms with Crippen molar-refractivity contribution >= 4 is 27.4 Å². The molecule has 0 amide bonds. The molecule has 0 atom stereocenters. The van der Waals surface area contributed by atoms with E-state index in [4.69, 9.17) is 5.26 Å². The van der Waals surface area contributed by atoms with Gasteiger partial charge in [-0.3, -0.25) is 4.79 Å². The quantitative estimate of drug-likeness (QED) is 0.782. The van der Waals surface area contributed by atoms with Gasteiger partial charge >= 0.3 is 0 Å². The maximum atomic E-state index is 11.6. The maximum absolute atomic E-state index is 11.6. The van der Waals surface area contributed by atoms with Crippen molar-refractivity contribution in [2.24, 2.45) is 0 Å². The Balaban J connectivity index is 3.10. The minimum absolute atomic E-state index is 0.0386. The van der Waals surface area contributed by atoms with E-state index < -0.39 is 0 Å². The van der Waals surface area contributed by atoms with Gasteiger partial charge in [0.1, 0.15) is 0 Å². The molecule has 1 rings (SSSR count). The zero-order chi connectivity index (χ0) is 12.8. The van der Waals surface area contributed by atoms with E-state index in [9.17, 15) is 4.79 Å². The summed E-state index contributed by atoms with van der Waals surface area (Å²) in [5.41, 5.74) is 1.60. The highest BCUT2D eigenvalue weighted by Crippen LogP contribution is 2.25. The van der Waals surface area contributed by atoms with Gasteiger partial charge in [-0.05, 0) is 32.0 Å². The number of anilines is 1. The lowest BCUT2D eigenvalue weighted by Crippen LogP contribution is -2.25. The van der Waals surface area contributed by atoms with E-state index in [-0.39, 0.29) is 5.78 Å². The van der Waals surface area contributed by atoms with Crippen molar-refractivity contribution in [3.05, 3.63) is 28.2 Å². The fourth-order valence-electron chi connectivity index (χ4n) is 1.70. The van der Waals surface area contributed by atoms with E-state index in [0.717, 1.165) is 16.7 Å². The number of halogens is 1. The Morgan fingerprint density at radius 1 is 1.53 bits per heavy atom. The zero-order valence-corrected chi connectivity index (χ0v) is 11.6. The van der Waals surface area contributed by atoms with E-state index in [1.165, 1.54) is 0 Å². The second-order valence-electron chi connectivity index (χ2n) is 3.71. The predicted molar refractivity (Wildman–Crippen MR) is 72.3 cm³/mol.